The van der Waals surface area contributed by atoms with Gasteiger partial charge in [0, 0.05) is 26.6 Å². The average molecular weight is 312 g/mol. The van der Waals surface area contributed by atoms with Crippen molar-refractivity contribution in [2.75, 3.05) is 31.7 Å². The van der Waals surface area contributed by atoms with Crippen LogP contribution in [0.2, 0.25) is 0 Å². The molecule has 0 bridgehead atoms. The number of Topliss-reactive ketones (excluding diaryl/α,β-unsaturated/α-hetero) is 1. The van der Waals surface area contributed by atoms with Crippen LogP contribution in [0.5, 0.6) is 0 Å². The van der Waals surface area contributed by atoms with Gasteiger partial charge >= 0.3 is 5.97 Å². The Morgan fingerprint density at radius 1 is 1.52 bits per heavy atom. The minimum atomic E-state index is -0.573. The maximum absolute atomic E-state index is 11.7. The maximum Gasteiger partial charge on any atom is 0.358 e. The van der Waals surface area contributed by atoms with Gasteiger partial charge in [0.1, 0.15) is 4.88 Å². The summed E-state index contributed by atoms with van der Waals surface area (Å²) < 4.78 is 10.3. The number of thiazole rings is 1. The SMILES string of the molecule is CCN(CC1CCCO1)c1nc(C(=O)OC)c(C(C)=O)s1. The molecule has 1 saturated heterocycles. The Kier molecular flexibility index (Phi) is 5.30. The predicted octanol–water partition coefficient (Wildman–Crippen LogP) is 2.14. The van der Waals surface area contributed by atoms with E-state index in [9.17, 15) is 9.59 Å². The minimum Gasteiger partial charge on any atom is -0.464 e. The van der Waals surface area contributed by atoms with E-state index in [1.807, 2.05) is 11.8 Å². The van der Waals surface area contributed by atoms with E-state index < -0.39 is 5.97 Å². The summed E-state index contributed by atoms with van der Waals surface area (Å²) in [6.07, 6.45) is 2.30. The molecule has 1 atom stereocenters. The van der Waals surface area contributed by atoms with Gasteiger partial charge < -0.3 is 14.4 Å². The van der Waals surface area contributed by atoms with Gasteiger partial charge in [0.2, 0.25) is 0 Å². The summed E-state index contributed by atoms with van der Waals surface area (Å²) in [5.74, 6) is -0.747. The molecule has 0 radical (unpaired) electrons. The van der Waals surface area contributed by atoms with Gasteiger partial charge in [0.05, 0.1) is 13.2 Å². The summed E-state index contributed by atoms with van der Waals surface area (Å²) in [4.78, 5) is 30.1. The largest absolute Gasteiger partial charge is 0.464 e. The third-order valence-corrected chi connectivity index (χ3v) is 4.63. The molecule has 0 aromatic carbocycles. The molecule has 0 spiro atoms. The van der Waals surface area contributed by atoms with Crippen LogP contribution < -0.4 is 4.90 Å². The lowest BCUT2D eigenvalue weighted by Crippen LogP contribution is -2.32. The third kappa shape index (κ3) is 3.59. The van der Waals surface area contributed by atoms with Crippen LogP contribution in [0.1, 0.15) is 46.8 Å². The van der Waals surface area contributed by atoms with E-state index in [-0.39, 0.29) is 17.6 Å². The molecular weight excluding hydrogens is 292 g/mol. The van der Waals surface area contributed by atoms with E-state index >= 15 is 0 Å². The Labute approximate surface area is 128 Å². The quantitative estimate of drug-likeness (QED) is 0.592. The van der Waals surface area contributed by atoms with Gasteiger partial charge in [0.25, 0.3) is 0 Å². The topological polar surface area (TPSA) is 68.7 Å². The predicted molar refractivity (Wildman–Crippen MR) is 80.3 cm³/mol. The zero-order chi connectivity index (χ0) is 15.4. The zero-order valence-corrected chi connectivity index (χ0v) is 13.4. The second kappa shape index (κ2) is 7.00. The van der Waals surface area contributed by atoms with Crippen LogP contribution in [0.4, 0.5) is 5.13 Å². The number of carbonyl (C=O) groups excluding carboxylic acids is 2. The molecule has 0 amide bonds. The highest BCUT2D eigenvalue weighted by atomic mass is 32.1. The van der Waals surface area contributed by atoms with E-state index in [1.54, 1.807) is 0 Å². The molecule has 0 saturated carbocycles. The van der Waals surface area contributed by atoms with Crippen molar-refractivity contribution in [3.8, 4) is 0 Å². The highest BCUT2D eigenvalue weighted by Crippen LogP contribution is 2.28. The Bertz CT molecular complexity index is 523. The van der Waals surface area contributed by atoms with E-state index in [0.29, 0.717) is 10.0 Å². The van der Waals surface area contributed by atoms with Gasteiger partial charge in [-0.3, -0.25) is 4.79 Å². The van der Waals surface area contributed by atoms with Gasteiger partial charge in [-0.05, 0) is 19.8 Å². The average Bonchev–Trinajstić information content (AvgIpc) is 3.12. The number of ketones is 1. The summed E-state index contributed by atoms with van der Waals surface area (Å²) in [6.45, 7) is 5.71. The molecule has 2 rings (SSSR count). The molecule has 116 valence electrons. The standard InChI is InChI=1S/C14H20N2O4S/c1-4-16(8-10-6-5-7-20-10)14-15-11(13(18)19-3)12(21-14)9(2)17/h10H,4-8H2,1-3H3. The molecule has 1 unspecified atom stereocenters. The minimum absolute atomic E-state index is 0.107. The molecule has 21 heavy (non-hydrogen) atoms. The monoisotopic (exact) mass is 312 g/mol. The first-order valence-corrected chi connectivity index (χ1v) is 7.85. The lowest BCUT2D eigenvalue weighted by atomic mass is 10.2. The summed E-state index contributed by atoms with van der Waals surface area (Å²) in [7, 11) is 1.29. The number of anilines is 1. The van der Waals surface area contributed by atoms with Crippen molar-refractivity contribution in [2.45, 2.75) is 32.8 Å². The number of likely N-dealkylation sites (N-methyl/N-ethyl adjacent to an activating group) is 1. The number of carbonyl (C=O) groups is 2. The van der Waals surface area contributed by atoms with Gasteiger partial charge in [-0.1, -0.05) is 11.3 Å². The summed E-state index contributed by atoms with van der Waals surface area (Å²) in [5, 5.41) is 0.665. The molecule has 2 heterocycles. The molecule has 1 aromatic rings. The fourth-order valence-electron chi connectivity index (χ4n) is 2.29. The fourth-order valence-corrected chi connectivity index (χ4v) is 3.32. The second-order valence-electron chi connectivity index (χ2n) is 4.90. The zero-order valence-electron chi connectivity index (χ0n) is 12.5. The molecule has 7 heteroatoms. The van der Waals surface area contributed by atoms with Crippen LogP contribution in [0, 0.1) is 0 Å². The smallest absolute Gasteiger partial charge is 0.358 e. The van der Waals surface area contributed by atoms with Crippen molar-refractivity contribution in [2.24, 2.45) is 0 Å². The molecule has 1 aliphatic rings. The third-order valence-electron chi connectivity index (χ3n) is 3.41. The number of methoxy groups -OCH3 is 1. The number of aromatic nitrogens is 1. The fraction of sp³-hybridized carbons (Fsp3) is 0.643. The highest BCUT2D eigenvalue weighted by Gasteiger charge is 2.26. The van der Waals surface area contributed by atoms with Crippen molar-refractivity contribution in [3.05, 3.63) is 10.6 Å². The summed E-state index contributed by atoms with van der Waals surface area (Å²) in [6, 6.07) is 0. The van der Waals surface area contributed by atoms with Gasteiger partial charge in [-0.15, -0.1) is 0 Å². The first-order valence-electron chi connectivity index (χ1n) is 7.03. The lowest BCUT2D eigenvalue weighted by molar-refractivity contribution is 0.0591. The van der Waals surface area contributed by atoms with Crippen LogP contribution in [-0.2, 0) is 9.47 Å². The number of nitrogens with zero attached hydrogens (tertiary/aromatic N) is 2. The van der Waals surface area contributed by atoms with E-state index in [4.69, 9.17) is 9.47 Å². The molecular formula is C14H20N2O4S. The summed E-state index contributed by atoms with van der Waals surface area (Å²) in [5.41, 5.74) is 0.107. The second-order valence-corrected chi connectivity index (χ2v) is 5.87. The number of hydrogen-bond acceptors (Lipinski definition) is 7. The highest BCUT2D eigenvalue weighted by molar-refractivity contribution is 7.17. The Morgan fingerprint density at radius 3 is 2.81 bits per heavy atom. The molecule has 6 nitrogen and oxygen atoms in total. The van der Waals surface area contributed by atoms with Crippen molar-refractivity contribution in [1.82, 2.24) is 4.98 Å². The maximum atomic E-state index is 11.7. The number of hydrogen-bond donors (Lipinski definition) is 0. The van der Waals surface area contributed by atoms with Crippen molar-refractivity contribution < 1.29 is 19.1 Å². The van der Waals surface area contributed by atoms with Gasteiger partial charge in [-0.25, -0.2) is 9.78 Å². The van der Waals surface area contributed by atoms with E-state index in [2.05, 4.69) is 4.98 Å². The number of esters is 1. The van der Waals surface area contributed by atoms with Gasteiger partial charge in [0.15, 0.2) is 16.6 Å². The van der Waals surface area contributed by atoms with Crippen LogP contribution in [0.3, 0.4) is 0 Å². The van der Waals surface area contributed by atoms with Crippen LogP contribution in [0.15, 0.2) is 0 Å². The van der Waals surface area contributed by atoms with Gasteiger partial charge in [-0.2, -0.15) is 0 Å². The molecule has 1 aliphatic heterocycles. The Balaban J connectivity index is 2.24. The molecule has 1 aromatic heterocycles. The summed E-state index contributed by atoms with van der Waals surface area (Å²) >= 11 is 1.24. The Morgan fingerprint density at radius 2 is 2.29 bits per heavy atom. The van der Waals surface area contributed by atoms with Crippen LogP contribution in [-0.4, -0.2) is 49.6 Å². The molecule has 0 N–H and O–H groups in total. The van der Waals surface area contributed by atoms with Crippen molar-refractivity contribution >= 4 is 28.2 Å². The van der Waals surface area contributed by atoms with E-state index in [0.717, 1.165) is 32.5 Å². The van der Waals surface area contributed by atoms with Crippen molar-refractivity contribution in [3.63, 3.8) is 0 Å². The first-order chi connectivity index (χ1) is 10.1. The number of rotatable bonds is 6. The van der Waals surface area contributed by atoms with E-state index in [1.165, 1.54) is 25.4 Å². The number of ether oxygens (including phenoxy) is 2. The normalized spacial score (nSPS) is 17.8. The lowest BCUT2D eigenvalue weighted by Gasteiger charge is -2.23. The Hall–Kier alpha value is -1.47. The van der Waals surface area contributed by atoms with Crippen LogP contribution >= 0.6 is 11.3 Å². The van der Waals surface area contributed by atoms with Crippen molar-refractivity contribution in [1.29, 1.82) is 0 Å². The molecule has 0 aliphatic carbocycles. The van der Waals surface area contributed by atoms with Crippen LogP contribution in [0.25, 0.3) is 0 Å². The first kappa shape index (κ1) is 15.9. The molecule has 1 fully saturated rings.